The number of hydrogen-bond acceptors (Lipinski definition) is 4. The first-order chi connectivity index (χ1) is 8.64. The van der Waals surface area contributed by atoms with E-state index in [1.165, 1.54) is 0 Å². The molecule has 0 amide bonds. The molecule has 18 heavy (non-hydrogen) atoms. The van der Waals surface area contributed by atoms with E-state index in [2.05, 4.69) is 18.7 Å². The summed E-state index contributed by atoms with van der Waals surface area (Å²) < 4.78 is -0.232. The largest absolute Gasteiger partial charge is 0.259 e. The molecule has 0 aromatic heterocycles. The van der Waals surface area contributed by atoms with Crippen LogP contribution < -0.4 is 0 Å². The van der Waals surface area contributed by atoms with Crippen molar-refractivity contribution in [3.63, 3.8) is 0 Å². The Balaban J connectivity index is 2.29. The van der Waals surface area contributed by atoms with Gasteiger partial charge in [0, 0.05) is 0 Å². The van der Waals surface area contributed by atoms with Gasteiger partial charge in [-0.25, -0.2) is 0 Å². The molecule has 2 rings (SSSR count). The zero-order valence-corrected chi connectivity index (χ0v) is 11.6. The van der Waals surface area contributed by atoms with Crippen molar-refractivity contribution in [3.05, 3.63) is 58.3 Å². The maximum Gasteiger partial charge on any atom is 0.241 e. The number of allylic oxidation sites excluding steroid dienone is 1. The molecule has 1 saturated heterocycles. The predicted molar refractivity (Wildman–Crippen MR) is 78.4 cm³/mol. The summed E-state index contributed by atoms with van der Waals surface area (Å²) in [4.78, 5) is 10.5. The molecule has 0 unspecified atom stereocenters. The summed E-state index contributed by atoms with van der Waals surface area (Å²) in [6.07, 6.45) is 1.56. The molecule has 1 heterocycles. The molecule has 0 atom stereocenters. The average Bonchev–Trinajstić information content (AvgIpc) is 2.40. The Hall–Kier alpha value is -0.940. The smallest absolute Gasteiger partial charge is 0.241 e. The third-order valence-corrected chi connectivity index (χ3v) is 6.25. The molecule has 0 saturated carbocycles. The Morgan fingerprint density at radius 1 is 1.33 bits per heavy atom. The van der Waals surface area contributed by atoms with Crippen LogP contribution in [0, 0.1) is 10.1 Å². The molecule has 1 aromatic carbocycles. The first kappa shape index (κ1) is 13.5. The van der Waals surface area contributed by atoms with Crippen molar-refractivity contribution in [2.75, 3.05) is 11.5 Å². The highest BCUT2D eigenvalue weighted by Crippen LogP contribution is 2.53. The van der Waals surface area contributed by atoms with Crippen molar-refractivity contribution >= 4 is 23.5 Å². The second kappa shape index (κ2) is 5.80. The van der Waals surface area contributed by atoms with Gasteiger partial charge >= 0.3 is 0 Å². The molecule has 1 aromatic rings. The number of benzene rings is 1. The van der Waals surface area contributed by atoms with Crippen LogP contribution in [-0.2, 0) is 4.08 Å². The summed E-state index contributed by atoms with van der Waals surface area (Å²) in [5, 5.41) is 10.8. The molecule has 0 spiro atoms. The van der Waals surface area contributed by atoms with Crippen LogP contribution in [0.4, 0.5) is 0 Å². The minimum absolute atomic E-state index is 0.0979. The lowest BCUT2D eigenvalue weighted by molar-refractivity contribution is -0.427. The average molecular weight is 281 g/mol. The van der Waals surface area contributed by atoms with Crippen LogP contribution in [0.2, 0.25) is 0 Å². The Morgan fingerprint density at radius 3 is 2.50 bits per heavy atom. The van der Waals surface area contributed by atoms with Crippen LogP contribution in [0.25, 0.3) is 0 Å². The van der Waals surface area contributed by atoms with Gasteiger partial charge in [0.2, 0.25) is 5.70 Å². The normalized spacial score (nSPS) is 18.2. The first-order valence-electron chi connectivity index (χ1n) is 5.80. The van der Waals surface area contributed by atoms with E-state index in [4.69, 9.17) is 0 Å². The van der Waals surface area contributed by atoms with Crippen molar-refractivity contribution in [2.24, 2.45) is 0 Å². The van der Waals surface area contributed by atoms with Crippen molar-refractivity contribution in [1.29, 1.82) is 0 Å². The van der Waals surface area contributed by atoms with E-state index in [0.29, 0.717) is 6.42 Å². The van der Waals surface area contributed by atoms with E-state index in [-0.39, 0.29) is 14.7 Å². The standard InChI is InChI=1S/C13H15NO2S2/c1-11(14(15)16)10-13(17-8-5-9-18-13)12-6-3-2-4-7-12/h2-4,6-7H,1,5,8-10H2. The highest BCUT2D eigenvalue weighted by Gasteiger charge is 2.38. The minimum Gasteiger partial charge on any atom is -0.259 e. The van der Waals surface area contributed by atoms with Crippen molar-refractivity contribution in [1.82, 2.24) is 0 Å². The van der Waals surface area contributed by atoms with Crippen LogP contribution in [0.5, 0.6) is 0 Å². The summed E-state index contributed by atoms with van der Waals surface area (Å²) in [6.45, 7) is 3.59. The molecule has 96 valence electrons. The quantitative estimate of drug-likeness (QED) is 0.620. The van der Waals surface area contributed by atoms with Crippen LogP contribution >= 0.6 is 23.5 Å². The Labute approximate surface area is 115 Å². The second-order valence-electron chi connectivity index (χ2n) is 4.17. The van der Waals surface area contributed by atoms with E-state index >= 15 is 0 Å². The topological polar surface area (TPSA) is 43.1 Å². The molecule has 5 heteroatoms. The fraction of sp³-hybridized carbons (Fsp3) is 0.385. The zero-order chi connectivity index (χ0) is 13.0. The van der Waals surface area contributed by atoms with Crippen LogP contribution in [-0.4, -0.2) is 16.4 Å². The highest BCUT2D eigenvalue weighted by molar-refractivity contribution is 8.18. The lowest BCUT2D eigenvalue weighted by atomic mass is 10.1. The molecular weight excluding hydrogens is 266 g/mol. The van der Waals surface area contributed by atoms with Gasteiger partial charge in [-0.1, -0.05) is 30.3 Å². The van der Waals surface area contributed by atoms with Gasteiger partial charge in [-0.3, -0.25) is 10.1 Å². The maximum atomic E-state index is 10.8. The first-order valence-corrected chi connectivity index (χ1v) is 7.77. The molecule has 0 aliphatic carbocycles. The number of thioether (sulfide) groups is 2. The number of rotatable bonds is 4. The fourth-order valence-electron chi connectivity index (χ4n) is 1.97. The lowest BCUT2D eigenvalue weighted by Gasteiger charge is -2.35. The predicted octanol–water partition coefficient (Wildman–Crippen LogP) is 3.89. The van der Waals surface area contributed by atoms with Crippen molar-refractivity contribution < 1.29 is 4.92 Å². The van der Waals surface area contributed by atoms with Gasteiger partial charge in [-0.2, -0.15) is 0 Å². The molecule has 0 radical (unpaired) electrons. The van der Waals surface area contributed by atoms with Crippen molar-refractivity contribution in [3.8, 4) is 0 Å². The SMILES string of the molecule is C=C(CC1(c2ccccc2)SCCCS1)[N+](=O)[O-]. The molecule has 1 aliphatic rings. The van der Waals surface area contributed by atoms with Gasteiger partial charge in [0.05, 0.1) is 15.4 Å². The maximum absolute atomic E-state index is 10.8. The Kier molecular flexibility index (Phi) is 4.35. The minimum atomic E-state index is -0.361. The number of nitro groups is 1. The summed E-state index contributed by atoms with van der Waals surface area (Å²) in [7, 11) is 0. The Morgan fingerprint density at radius 2 is 1.94 bits per heavy atom. The van der Waals surface area contributed by atoms with Crippen molar-refractivity contribution in [2.45, 2.75) is 16.9 Å². The zero-order valence-electron chi connectivity index (χ0n) is 10.0. The van der Waals surface area contributed by atoms with Crippen LogP contribution in [0.15, 0.2) is 42.6 Å². The van der Waals surface area contributed by atoms with Crippen LogP contribution in [0.1, 0.15) is 18.4 Å². The summed E-state index contributed by atoms with van der Waals surface area (Å²) >= 11 is 3.61. The molecule has 1 fully saturated rings. The van der Waals surface area contributed by atoms with E-state index in [0.717, 1.165) is 23.5 Å². The van der Waals surface area contributed by atoms with Gasteiger partial charge < -0.3 is 0 Å². The number of nitrogens with zero attached hydrogens (tertiary/aromatic N) is 1. The van der Waals surface area contributed by atoms with E-state index < -0.39 is 0 Å². The van der Waals surface area contributed by atoms with Gasteiger partial charge in [0.15, 0.2) is 0 Å². The van der Waals surface area contributed by atoms with E-state index in [9.17, 15) is 10.1 Å². The van der Waals surface area contributed by atoms with Gasteiger partial charge in [0.25, 0.3) is 0 Å². The van der Waals surface area contributed by atoms with Gasteiger partial charge in [0.1, 0.15) is 0 Å². The summed E-state index contributed by atoms with van der Waals surface area (Å²) in [5.74, 6) is 2.10. The molecular formula is C13H15NO2S2. The third kappa shape index (κ3) is 2.90. The van der Waals surface area contributed by atoms with Gasteiger partial charge in [-0.05, 0) is 30.1 Å². The summed E-state index contributed by atoms with van der Waals surface area (Å²) in [6, 6.07) is 10.1. The second-order valence-corrected chi connectivity index (χ2v) is 7.22. The van der Waals surface area contributed by atoms with Crippen LogP contribution in [0.3, 0.4) is 0 Å². The molecule has 0 bridgehead atoms. The third-order valence-electron chi connectivity index (χ3n) is 2.87. The fourth-order valence-corrected chi connectivity index (χ4v) is 5.37. The molecule has 0 N–H and O–H groups in total. The highest BCUT2D eigenvalue weighted by atomic mass is 32.2. The number of hydrogen-bond donors (Lipinski definition) is 0. The van der Waals surface area contributed by atoms with Gasteiger partial charge in [-0.15, -0.1) is 23.5 Å². The Bertz CT molecular complexity index is 442. The van der Waals surface area contributed by atoms with E-state index in [1.807, 2.05) is 41.7 Å². The monoisotopic (exact) mass is 281 g/mol. The molecule has 1 aliphatic heterocycles. The van der Waals surface area contributed by atoms with E-state index in [1.54, 1.807) is 0 Å². The summed E-state index contributed by atoms with van der Waals surface area (Å²) in [5.41, 5.74) is 1.25. The molecule has 3 nitrogen and oxygen atoms in total. The lowest BCUT2D eigenvalue weighted by Crippen LogP contribution is -2.24.